The van der Waals surface area contributed by atoms with Gasteiger partial charge in [-0.15, -0.1) is 0 Å². The molecule has 0 amide bonds. The second-order valence-electron chi connectivity index (χ2n) is 5.85. The maximum absolute atomic E-state index is 10.1. The van der Waals surface area contributed by atoms with E-state index < -0.39 is 0 Å². The lowest BCUT2D eigenvalue weighted by Crippen LogP contribution is -2.29. The molecule has 2 atom stereocenters. The van der Waals surface area contributed by atoms with Crippen LogP contribution in [0.5, 0.6) is 11.5 Å². The Morgan fingerprint density at radius 2 is 1.90 bits per heavy atom. The lowest BCUT2D eigenvalue weighted by atomic mass is 9.91. The summed E-state index contributed by atoms with van der Waals surface area (Å²) < 4.78 is 5.79. The Morgan fingerprint density at radius 1 is 1.14 bits per heavy atom. The quantitative estimate of drug-likeness (QED) is 0.868. The van der Waals surface area contributed by atoms with E-state index in [0.29, 0.717) is 18.3 Å². The number of nitrogens with one attached hydrogen (secondary N) is 1. The Bertz CT molecular complexity index is 666. The molecule has 0 aromatic heterocycles. The van der Waals surface area contributed by atoms with Crippen molar-refractivity contribution in [3.63, 3.8) is 0 Å². The van der Waals surface area contributed by atoms with Gasteiger partial charge in [0.05, 0.1) is 12.6 Å². The van der Waals surface area contributed by atoms with Crippen molar-refractivity contribution in [2.75, 3.05) is 11.9 Å². The number of phenolic OH excluding ortho intramolecular Hbond substituents is 1. The Labute approximate surface area is 125 Å². The normalized spacial score (nSPS) is 20.5. The molecule has 0 aliphatic carbocycles. The number of hydrogen-bond donors (Lipinski definition) is 2. The van der Waals surface area contributed by atoms with Crippen LogP contribution in [0, 0.1) is 19.8 Å². The van der Waals surface area contributed by atoms with E-state index >= 15 is 0 Å². The number of benzene rings is 2. The fraction of sp³-hybridized carbons (Fsp3) is 0.333. The highest BCUT2D eigenvalue weighted by Crippen LogP contribution is 2.39. The van der Waals surface area contributed by atoms with E-state index in [4.69, 9.17) is 4.74 Å². The largest absolute Gasteiger partial charge is 0.507 e. The van der Waals surface area contributed by atoms with E-state index in [2.05, 4.69) is 18.3 Å². The lowest BCUT2D eigenvalue weighted by molar-refractivity contribution is 0.214. The molecule has 3 heteroatoms. The Morgan fingerprint density at radius 3 is 2.71 bits per heavy atom. The van der Waals surface area contributed by atoms with E-state index in [-0.39, 0.29) is 6.04 Å². The van der Waals surface area contributed by atoms with Crippen LogP contribution in [0.1, 0.15) is 29.7 Å². The highest BCUT2D eigenvalue weighted by molar-refractivity contribution is 5.60. The highest BCUT2D eigenvalue weighted by Gasteiger charge is 2.28. The SMILES string of the molecule is Cc1ccc(NC2c3ccccc3OCC2C)c(C)c1O. The van der Waals surface area contributed by atoms with Crippen LogP contribution in [-0.2, 0) is 0 Å². The zero-order chi connectivity index (χ0) is 15.0. The van der Waals surface area contributed by atoms with Gasteiger partial charge in [-0.3, -0.25) is 0 Å². The first kappa shape index (κ1) is 13.8. The van der Waals surface area contributed by atoms with E-state index in [0.717, 1.165) is 22.6 Å². The molecule has 0 saturated carbocycles. The molecule has 3 rings (SSSR count). The number of hydrogen-bond acceptors (Lipinski definition) is 3. The smallest absolute Gasteiger partial charge is 0.124 e. The van der Waals surface area contributed by atoms with Gasteiger partial charge in [-0.25, -0.2) is 0 Å². The Kier molecular flexibility index (Phi) is 3.50. The molecular weight excluding hydrogens is 262 g/mol. The summed E-state index contributed by atoms with van der Waals surface area (Å²) >= 11 is 0. The average Bonchev–Trinajstić information content (AvgIpc) is 2.50. The second-order valence-corrected chi connectivity index (χ2v) is 5.85. The summed E-state index contributed by atoms with van der Waals surface area (Å²) in [6.07, 6.45) is 0. The van der Waals surface area contributed by atoms with Crippen LogP contribution in [0.3, 0.4) is 0 Å². The summed E-state index contributed by atoms with van der Waals surface area (Å²) in [7, 11) is 0. The molecule has 0 radical (unpaired) electrons. The molecule has 0 spiro atoms. The van der Waals surface area contributed by atoms with E-state index in [9.17, 15) is 5.11 Å². The number of rotatable bonds is 2. The number of anilines is 1. The highest BCUT2D eigenvalue weighted by atomic mass is 16.5. The zero-order valence-corrected chi connectivity index (χ0v) is 12.7. The summed E-state index contributed by atoms with van der Waals surface area (Å²) in [5.41, 5.74) is 3.95. The van der Waals surface area contributed by atoms with Gasteiger partial charge in [-0.2, -0.15) is 0 Å². The Balaban J connectivity index is 1.96. The number of ether oxygens (including phenoxy) is 1. The van der Waals surface area contributed by atoms with Gasteiger partial charge in [-0.1, -0.05) is 31.2 Å². The van der Waals surface area contributed by atoms with Gasteiger partial charge in [0.2, 0.25) is 0 Å². The predicted octanol–water partition coefficient (Wildman–Crippen LogP) is 4.19. The van der Waals surface area contributed by atoms with Crippen molar-refractivity contribution in [3.05, 3.63) is 53.1 Å². The summed E-state index contributed by atoms with van der Waals surface area (Å²) in [5.74, 6) is 1.68. The topological polar surface area (TPSA) is 41.5 Å². The molecule has 3 nitrogen and oxygen atoms in total. The first-order chi connectivity index (χ1) is 10.1. The van der Waals surface area contributed by atoms with Gasteiger partial charge >= 0.3 is 0 Å². The molecule has 0 bridgehead atoms. The predicted molar refractivity (Wildman–Crippen MR) is 85.0 cm³/mol. The minimum absolute atomic E-state index is 0.191. The van der Waals surface area contributed by atoms with Crippen molar-refractivity contribution < 1.29 is 9.84 Å². The standard InChI is InChI=1S/C18H21NO2/c1-11-8-9-15(13(3)18(11)20)19-17-12(2)10-21-16-7-5-4-6-14(16)17/h4-9,12,17,19-20H,10H2,1-3H3. The van der Waals surface area contributed by atoms with Crippen LogP contribution in [0.15, 0.2) is 36.4 Å². The fourth-order valence-electron chi connectivity index (χ4n) is 2.87. The summed E-state index contributed by atoms with van der Waals surface area (Å²) in [4.78, 5) is 0. The van der Waals surface area contributed by atoms with E-state index in [1.54, 1.807) is 0 Å². The van der Waals surface area contributed by atoms with Gasteiger partial charge in [0.15, 0.2) is 0 Å². The lowest BCUT2D eigenvalue weighted by Gasteiger charge is -2.33. The van der Waals surface area contributed by atoms with E-state index in [1.807, 2.05) is 44.2 Å². The molecule has 1 aliphatic rings. The summed E-state index contributed by atoms with van der Waals surface area (Å²) in [5, 5.41) is 13.7. The maximum Gasteiger partial charge on any atom is 0.124 e. The van der Waals surface area contributed by atoms with Gasteiger partial charge in [-0.05, 0) is 31.5 Å². The number of phenols is 1. The molecular formula is C18H21NO2. The molecule has 110 valence electrons. The third-order valence-corrected chi connectivity index (χ3v) is 4.27. The van der Waals surface area contributed by atoms with Gasteiger partial charge in [0, 0.05) is 22.7 Å². The van der Waals surface area contributed by atoms with E-state index in [1.165, 1.54) is 5.56 Å². The molecule has 2 unspecified atom stereocenters. The fourth-order valence-corrected chi connectivity index (χ4v) is 2.87. The molecule has 0 fully saturated rings. The van der Waals surface area contributed by atoms with Crippen LogP contribution in [-0.4, -0.2) is 11.7 Å². The number of fused-ring (bicyclic) bond motifs is 1. The van der Waals surface area contributed by atoms with Crippen molar-refractivity contribution >= 4 is 5.69 Å². The summed E-state index contributed by atoms with van der Waals surface area (Å²) in [6.45, 7) is 6.74. The molecule has 0 saturated heterocycles. The van der Waals surface area contributed by atoms with Crippen molar-refractivity contribution in [2.24, 2.45) is 5.92 Å². The van der Waals surface area contributed by atoms with Crippen LogP contribution in [0.25, 0.3) is 0 Å². The maximum atomic E-state index is 10.1. The first-order valence-corrected chi connectivity index (χ1v) is 7.35. The zero-order valence-electron chi connectivity index (χ0n) is 12.7. The van der Waals surface area contributed by atoms with Crippen LogP contribution in [0.4, 0.5) is 5.69 Å². The minimum Gasteiger partial charge on any atom is -0.507 e. The minimum atomic E-state index is 0.191. The van der Waals surface area contributed by atoms with Gasteiger partial charge in [0.1, 0.15) is 11.5 Å². The number of aromatic hydroxyl groups is 1. The van der Waals surface area contributed by atoms with Gasteiger partial charge < -0.3 is 15.2 Å². The molecule has 1 heterocycles. The van der Waals surface area contributed by atoms with Crippen LogP contribution in [0.2, 0.25) is 0 Å². The molecule has 2 aromatic carbocycles. The first-order valence-electron chi connectivity index (χ1n) is 7.35. The van der Waals surface area contributed by atoms with Crippen molar-refractivity contribution in [1.82, 2.24) is 0 Å². The van der Waals surface area contributed by atoms with Crippen LogP contribution >= 0.6 is 0 Å². The van der Waals surface area contributed by atoms with Crippen LogP contribution < -0.4 is 10.1 Å². The Hall–Kier alpha value is -2.16. The number of aryl methyl sites for hydroxylation is 1. The third-order valence-electron chi connectivity index (χ3n) is 4.27. The van der Waals surface area contributed by atoms with Crippen molar-refractivity contribution in [1.29, 1.82) is 0 Å². The second kappa shape index (κ2) is 5.32. The molecule has 2 N–H and O–H groups in total. The average molecular weight is 283 g/mol. The monoisotopic (exact) mass is 283 g/mol. The van der Waals surface area contributed by atoms with Gasteiger partial charge in [0.25, 0.3) is 0 Å². The van der Waals surface area contributed by atoms with Crippen molar-refractivity contribution in [2.45, 2.75) is 26.8 Å². The molecule has 21 heavy (non-hydrogen) atoms. The number of para-hydroxylation sites is 1. The van der Waals surface area contributed by atoms with Crippen molar-refractivity contribution in [3.8, 4) is 11.5 Å². The summed E-state index contributed by atoms with van der Waals surface area (Å²) in [6, 6.07) is 12.3. The molecule has 1 aliphatic heterocycles. The third kappa shape index (κ3) is 2.44. The molecule has 2 aromatic rings.